The van der Waals surface area contributed by atoms with Gasteiger partial charge in [0.05, 0.1) is 0 Å². The number of hydrogen-bond acceptors (Lipinski definition) is 3. The van der Waals surface area contributed by atoms with Crippen LogP contribution in [-0.2, 0) is 9.89 Å². The Morgan fingerprint density at radius 1 is 1.08 bits per heavy atom. The predicted octanol–water partition coefficient (Wildman–Crippen LogP) is 5.20. The molecule has 1 unspecified atom stereocenters. The minimum absolute atomic E-state index is 0.0688. The fourth-order valence-corrected chi connectivity index (χ4v) is 5.14. The number of benzene rings is 2. The largest absolute Gasteiger partial charge is 0.467 e. The first-order valence-corrected chi connectivity index (χ1v) is 10.1. The molecule has 0 saturated carbocycles. The van der Waals surface area contributed by atoms with E-state index in [0.29, 0.717) is 8.58 Å². The Hall–Kier alpha value is -1.70. The average molecular weight is 372 g/mol. The van der Waals surface area contributed by atoms with E-state index in [9.17, 15) is 4.79 Å². The first-order valence-electron chi connectivity index (χ1n) is 9.09. The van der Waals surface area contributed by atoms with Crippen LogP contribution in [0.3, 0.4) is 0 Å². The normalized spacial score (nSPS) is 11.9. The molecular weight excluding hydrogens is 343 g/mol. The van der Waals surface area contributed by atoms with Gasteiger partial charge < -0.3 is 9.47 Å². The lowest BCUT2D eigenvalue weighted by molar-refractivity contribution is 0.0494. The van der Waals surface area contributed by atoms with Crippen LogP contribution < -0.4 is 10.0 Å². The van der Waals surface area contributed by atoms with Crippen LogP contribution in [0, 0.1) is 6.92 Å². The molecule has 0 radical (unpaired) electrons. The number of ether oxygens (including phenoxy) is 2. The molecule has 0 heterocycles. The summed E-state index contributed by atoms with van der Waals surface area (Å²) in [5.74, 6) is 1.03. The Bertz CT molecular complexity index is 751. The SMILES string of the molecule is CCC(CC)(Pc1ccccc1C(C)=O)c1cccc(C)c1OCOC. The van der Waals surface area contributed by atoms with E-state index >= 15 is 0 Å². The molecular formula is C22H29O3P. The molecule has 0 aliphatic carbocycles. The quantitative estimate of drug-likeness (QED) is 0.345. The number of rotatable bonds is 9. The number of ketones is 1. The van der Waals surface area contributed by atoms with Crippen LogP contribution in [0.2, 0.25) is 0 Å². The molecule has 140 valence electrons. The van der Waals surface area contributed by atoms with Crippen molar-refractivity contribution < 1.29 is 14.3 Å². The van der Waals surface area contributed by atoms with Crippen molar-refractivity contribution in [3.8, 4) is 5.75 Å². The zero-order valence-corrected chi connectivity index (χ0v) is 17.4. The summed E-state index contributed by atoms with van der Waals surface area (Å²) < 4.78 is 11.1. The smallest absolute Gasteiger partial charge is 0.188 e. The van der Waals surface area contributed by atoms with E-state index in [-0.39, 0.29) is 17.7 Å². The van der Waals surface area contributed by atoms with Crippen molar-refractivity contribution in [2.24, 2.45) is 0 Å². The summed E-state index contributed by atoms with van der Waals surface area (Å²) in [5.41, 5.74) is 3.14. The molecule has 0 aliphatic heterocycles. The Labute approximate surface area is 158 Å². The van der Waals surface area contributed by atoms with E-state index in [0.717, 1.165) is 35.0 Å². The molecule has 0 aromatic heterocycles. The van der Waals surface area contributed by atoms with Crippen LogP contribution in [0.15, 0.2) is 42.5 Å². The van der Waals surface area contributed by atoms with Gasteiger partial charge in [0.1, 0.15) is 5.75 Å². The zero-order valence-electron chi connectivity index (χ0n) is 16.4. The monoisotopic (exact) mass is 372 g/mol. The van der Waals surface area contributed by atoms with Crippen molar-refractivity contribution >= 4 is 19.7 Å². The van der Waals surface area contributed by atoms with Gasteiger partial charge in [-0.2, -0.15) is 0 Å². The third-order valence-electron chi connectivity index (χ3n) is 4.94. The number of carbonyl (C=O) groups excluding carboxylic acids is 1. The van der Waals surface area contributed by atoms with Crippen molar-refractivity contribution in [2.75, 3.05) is 13.9 Å². The van der Waals surface area contributed by atoms with Crippen molar-refractivity contribution in [1.29, 1.82) is 0 Å². The molecule has 0 bridgehead atoms. The summed E-state index contributed by atoms with van der Waals surface area (Å²) in [6.45, 7) is 8.37. The Morgan fingerprint density at radius 3 is 2.38 bits per heavy atom. The van der Waals surface area contributed by atoms with Crippen molar-refractivity contribution in [2.45, 2.75) is 45.7 Å². The summed E-state index contributed by atoms with van der Waals surface area (Å²) >= 11 is 0. The van der Waals surface area contributed by atoms with Crippen LogP contribution >= 0.6 is 8.58 Å². The maximum Gasteiger partial charge on any atom is 0.188 e. The zero-order chi connectivity index (χ0) is 19.2. The van der Waals surface area contributed by atoms with E-state index in [1.54, 1.807) is 14.0 Å². The molecule has 0 fully saturated rings. The number of Topliss-reactive ketones (excluding diaryl/α,β-unsaturated/α-hetero) is 1. The molecule has 0 spiro atoms. The highest BCUT2D eigenvalue weighted by Crippen LogP contribution is 2.51. The second-order valence-corrected chi connectivity index (χ2v) is 8.26. The van der Waals surface area contributed by atoms with Crippen molar-refractivity contribution in [1.82, 2.24) is 0 Å². The maximum atomic E-state index is 12.1. The summed E-state index contributed by atoms with van der Waals surface area (Å²) in [6, 6.07) is 14.3. The van der Waals surface area contributed by atoms with E-state index in [2.05, 4.69) is 45.0 Å². The van der Waals surface area contributed by atoms with Gasteiger partial charge >= 0.3 is 0 Å². The molecule has 0 aliphatic rings. The van der Waals surface area contributed by atoms with Gasteiger partial charge in [0.15, 0.2) is 12.6 Å². The van der Waals surface area contributed by atoms with Crippen LogP contribution in [0.5, 0.6) is 5.75 Å². The highest BCUT2D eigenvalue weighted by molar-refractivity contribution is 7.48. The molecule has 1 atom stereocenters. The number of para-hydroxylation sites is 1. The van der Waals surface area contributed by atoms with Gasteiger partial charge in [0.25, 0.3) is 0 Å². The highest BCUT2D eigenvalue weighted by atomic mass is 31.1. The molecule has 0 N–H and O–H groups in total. The maximum absolute atomic E-state index is 12.1. The molecule has 2 aromatic rings. The number of methoxy groups -OCH3 is 1. The number of aryl methyl sites for hydroxylation is 1. The van der Waals surface area contributed by atoms with Gasteiger partial charge in [-0.25, -0.2) is 0 Å². The lowest BCUT2D eigenvalue weighted by Crippen LogP contribution is -2.25. The minimum atomic E-state index is -0.0688. The Kier molecular flexibility index (Phi) is 7.37. The van der Waals surface area contributed by atoms with E-state index in [1.807, 2.05) is 18.2 Å². The third-order valence-corrected chi connectivity index (χ3v) is 7.10. The van der Waals surface area contributed by atoms with E-state index < -0.39 is 0 Å². The summed E-state index contributed by atoms with van der Waals surface area (Å²) in [6.07, 6.45) is 1.95. The predicted molar refractivity (Wildman–Crippen MR) is 110 cm³/mol. The van der Waals surface area contributed by atoms with Crippen molar-refractivity contribution in [3.05, 3.63) is 59.2 Å². The van der Waals surface area contributed by atoms with Crippen LogP contribution in [0.4, 0.5) is 0 Å². The number of hydrogen-bond donors (Lipinski definition) is 0. The van der Waals surface area contributed by atoms with Crippen LogP contribution in [-0.4, -0.2) is 19.7 Å². The Morgan fingerprint density at radius 2 is 1.77 bits per heavy atom. The van der Waals surface area contributed by atoms with Gasteiger partial charge in [0.2, 0.25) is 0 Å². The molecule has 0 saturated heterocycles. The summed E-state index contributed by atoms with van der Waals surface area (Å²) in [4.78, 5) is 12.1. The molecule has 0 amide bonds. The Balaban J connectivity index is 2.55. The van der Waals surface area contributed by atoms with Gasteiger partial charge in [-0.1, -0.05) is 64.9 Å². The second kappa shape index (κ2) is 9.30. The summed E-state index contributed by atoms with van der Waals surface area (Å²) in [5, 5.41) is 1.06. The van der Waals surface area contributed by atoms with Gasteiger partial charge in [0, 0.05) is 23.4 Å². The van der Waals surface area contributed by atoms with E-state index in [1.165, 1.54) is 5.56 Å². The standard InChI is InChI=1S/C22H29O3P/c1-6-22(7-2,26-20-14-9-8-12-18(20)17(4)23)19-13-10-11-16(3)21(19)25-15-24-5/h8-14,26H,6-7,15H2,1-5H3. The minimum Gasteiger partial charge on any atom is -0.467 e. The number of carbonyl (C=O) groups is 1. The summed E-state index contributed by atoms with van der Waals surface area (Å²) in [7, 11) is 2.13. The van der Waals surface area contributed by atoms with Gasteiger partial charge in [-0.05, 0) is 37.6 Å². The average Bonchev–Trinajstić information content (AvgIpc) is 2.65. The second-order valence-electron chi connectivity index (χ2n) is 6.52. The lowest BCUT2D eigenvalue weighted by Gasteiger charge is -2.35. The first kappa shape index (κ1) is 20.6. The highest BCUT2D eigenvalue weighted by Gasteiger charge is 2.33. The lowest BCUT2D eigenvalue weighted by atomic mass is 9.90. The fourth-order valence-electron chi connectivity index (χ4n) is 3.37. The molecule has 2 rings (SSSR count). The van der Waals surface area contributed by atoms with E-state index in [4.69, 9.17) is 9.47 Å². The molecule has 3 nitrogen and oxygen atoms in total. The van der Waals surface area contributed by atoms with Gasteiger partial charge in [-0.15, -0.1) is 0 Å². The molecule has 4 heteroatoms. The molecule has 26 heavy (non-hydrogen) atoms. The topological polar surface area (TPSA) is 35.5 Å². The van der Waals surface area contributed by atoms with Crippen molar-refractivity contribution in [3.63, 3.8) is 0 Å². The van der Waals surface area contributed by atoms with Gasteiger partial charge in [-0.3, -0.25) is 4.79 Å². The molecule has 2 aromatic carbocycles. The van der Waals surface area contributed by atoms with Crippen LogP contribution in [0.1, 0.15) is 55.1 Å². The fraction of sp³-hybridized carbons (Fsp3) is 0.409. The third kappa shape index (κ3) is 4.34. The first-order chi connectivity index (χ1) is 12.5. The van der Waals surface area contributed by atoms with Crippen LogP contribution in [0.25, 0.3) is 0 Å².